The van der Waals surface area contributed by atoms with Gasteiger partial charge in [0.1, 0.15) is 0 Å². The lowest BCUT2D eigenvalue weighted by Gasteiger charge is -2.22. The van der Waals surface area contributed by atoms with Crippen LogP contribution in [-0.2, 0) is 18.4 Å². The smallest absolute Gasteiger partial charge is 0.0859 e. The molecule has 2 aliphatic rings. The van der Waals surface area contributed by atoms with Crippen LogP contribution in [0.4, 0.5) is 0 Å². The average molecular weight is 275 g/mol. The molecule has 0 amide bonds. The molecule has 3 atom stereocenters. The minimum atomic E-state index is 0.0478. The van der Waals surface area contributed by atoms with E-state index in [0.29, 0.717) is 5.41 Å². The predicted octanol–water partition coefficient (Wildman–Crippen LogP) is 3.82. The van der Waals surface area contributed by atoms with Crippen molar-refractivity contribution in [1.82, 2.24) is 15.0 Å². The van der Waals surface area contributed by atoms with Crippen LogP contribution in [0.1, 0.15) is 65.8 Å². The molecular weight excluding hydrogens is 246 g/mol. The van der Waals surface area contributed by atoms with Gasteiger partial charge in [0.05, 0.1) is 16.9 Å². The Morgan fingerprint density at radius 1 is 0.950 bits per heavy atom. The monoisotopic (exact) mass is 275 g/mol. The van der Waals surface area contributed by atoms with Crippen LogP contribution in [0.25, 0.3) is 0 Å². The summed E-state index contributed by atoms with van der Waals surface area (Å²) in [5.41, 5.74) is 3.18. The molecule has 3 heteroatoms. The summed E-state index contributed by atoms with van der Waals surface area (Å²) in [6.07, 6.45) is 4.91. The zero-order valence-corrected chi connectivity index (χ0v) is 13.9. The Kier molecular flexibility index (Phi) is 3.04. The Balaban J connectivity index is 1.82. The maximum atomic E-state index is 4.48. The first kappa shape index (κ1) is 14.1. The molecule has 1 saturated carbocycles. The van der Waals surface area contributed by atoms with E-state index < -0.39 is 0 Å². The summed E-state index contributed by atoms with van der Waals surface area (Å²) >= 11 is 0. The van der Waals surface area contributed by atoms with Gasteiger partial charge in [-0.25, -0.2) is 4.68 Å². The Morgan fingerprint density at radius 2 is 1.55 bits per heavy atom. The molecule has 1 aromatic heterocycles. The zero-order valence-electron chi connectivity index (χ0n) is 13.9. The standard InChI is InChI=1S/C17H29N3/c1-16(2,3)15-11-7-9-13-14(10-8-12(11)15)20(19-18-13)17(4,5)6/h11-12,15H,7-10H2,1-6H3/t11-,12+,15-/m0/s1. The van der Waals surface area contributed by atoms with Gasteiger partial charge in [-0.15, -0.1) is 5.10 Å². The predicted molar refractivity (Wildman–Crippen MR) is 81.6 cm³/mol. The molecule has 0 unspecified atom stereocenters. The van der Waals surface area contributed by atoms with Crippen molar-refractivity contribution in [3.05, 3.63) is 11.4 Å². The third kappa shape index (κ3) is 2.29. The molecule has 0 aromatic carbocycles. The van der Waals surface area contributed by atoms with Crippen molar-refractivity contribution in [3.8, 4) is 0 Å². The van der Waals surface area contributed by atoms with Gasteiger partial charge in [-0.1, -0.05) is 26.0 Å². The zero-order chi connectivity index (χ0) is 14.7. The Bertz CT molecular complexity index is 501. The Hall–Kier alpha value is -0.860. The molecule has 112 valence electrons. The van der Waals surface area contributed by atoms with Crippen molar-refractivity contribution in [2.75, 3.05) is 0 Å². The van der Waals surface area contributed by atoms with Gasteiger partial charge in [0.2, 0.25) is 0 Å². The van der Waals surface area contributed by atoms with Crippen LogP contribution in [-0.4, -0.2) is 15.0 Å². The van der Waals surface area contributed by atoms with Crippen LogP contribution in [0.3, 0.4) is 0 Å². The van der Waals surface area contributed by atoms with Crippen molar-refractivity contribution < 1.29 is 0 Å². The van der Waals surface area contributed by atoms with Crippen LogP contribution in [0.15, 0.2) is 0 Å². The molecule has 3 rings (SSSR count). The largest absolute Gasteiger partial charge is 0.244 e. The maximum absolute atomic E-state index is 4.48. The third-order valence-electron chi connectivity index (χ3n) is 5.24. The highest BCUT2D eigenvalue weighted by Gasteiger charge is 2.54. The number of aromatic nitrogens is 3. The van der Waals surface area contributed by atoms with Gasteiger partial charge in [0.15, 0.2) is 0 Å². The fourth-order valence-corrected chi connectivity index (χ4v) is 4.44. The van der Waals surface area contributed by atoms with Gasteiger partial charge in [-0.05, 0) is 69.6 Å². The topological polar surface area (TPSA) is 30.7 Å². The molecule has 1 fully saturated rings. The molecule has 0 aliphatic heterocycles. The second kappa shape index (κ2) is 4.32. The van der Waals surface area contributed by atoms with Crippen LogP contribution in [0.2, 0.25) is 0 Å². The summed E-state index contributed by atoms with van der Waals surface area (Å²) in [5.74, 6) is 2.79. The quantitative estimate of drug-likeness (QED) is 0.720. The van der Waals surface area contributed by atoms with Crippen molar-refractivity contribution >= 4 is 0 Å². The molecule has 1 aromatic rings. The molecular formula is C17H29N3. The number of hydrogen-bond donors (Lipinski definition) is 0. The third-order valence-corrected chi connectivity index (χ3v) is 5.24. The number of aryl methyl sites for hydroxylation is 1. The van der Waals surface area contributed by atoms with E-state index in [0.717, 1.165) is 30.6 Å². The van der Waals surface area contributed by atoms with E-state index in [9.17, 15) is 0 Å². The van der Waals surface area contributed by atoms with E-state index in [-0.39, 0.29) is 5.54 Å². The molecule has 0 N–H and O–H groups in total. The Morgan fingerprint density at radius 3 is 2.10 bits per heavy atom. The lowest BCUT2D eigenvalue weighted by atomic mass is 9.87. The summed E-state index contributed by atoms with van der Waals surface area (Å²) in [7, 11) is 0. The SMILES string of the molecule is CC(C)(C)[C@@H]1[C@@H]2CCc3c(nnn3C(C)(C)C)CC[C@@H]21. The first-order valence-electron chi connectivity index (χ1n) is 8.13. The minimum absolute atomic E-state index is 0.0478. The lowest BCUT2D eigenvalue weighted by molar-refractivity contribution is 0.310. The summed E-state index contributed by atoms with van der Waals surface area (Å²) in [6.45, 7) is 13.9. The highest BCUT2D eigenvalue weighted by molar-refractivity contribution is 5.17. The van der Waals surface area contributed by atoms with E-state index in [4.69, 9.17) is 0 Å². The average Bonchev–Trinajstić information content (AvgIpc) is 2.80. The van der Waals surface area contributed by atoms with E-state index in [2.05, 4.69) is 56.5 Å². The van der Waals surface area contributed by atoms with E-state index >= 15 is 0 Å². The number of fused-ring (bicyclic) bond motifs is 2. The minimum Gasteiger partial charge on any atom is -0.244 e. The van der Waals surface area contributed by atoms with Crippen LogP contribution >= 0.6 is 0 Å². The van der Waals surface area contributed by atoms with Gasteiger partial charge >= 0.3 is 0 Å². The van der Waals surface area contributed by atoms with Crippen LogP contribution in [0, 0.1) is 23.2 Å². The van der Waals surface area contributed by atoms with Crippen LogP contribution in [0.5, 0.6) is 0 Å². The molecule has 0 saturated heterocycles. The first-order chi connectivity index (χ1) is 9.19. The summed E-state index contributed by atoms with van der Waals surface area (Å²) in [5, 5.41) is 8.90. The first-order valence-corrected chi connectivity index (χ1v) is 8.13. The second-order valence-electron chi connectivity index (χ2n) is 8.86. The number of rotatable bonds is 0. The second-order valence-corrected chi connectivity index (χ2v) is 8.86. The Labute approximate surface area is 123 Å². The fraction of sp³-hybridized carbons (Fsp3) is 0.882. The van der Waals surface area contributed by atoms with Crippen molar-refractivity contribution in [2.24, 2.45) is 23.2 Å². The molecule has 1 heterocycles. The van der Waals surface area contributed by atoms with Gasteiger partial charge in [0, 0.05) is 0 Å². The molecule has 0 bridgehead atoms. The molecule has 2 aliphatic carbocycles. The van der Waals surface area contributed by atoms with Gasteiger partial charge in [0.25, 0.3) is 0 Å². The number of hydrogen-bond acceptors (Lipinski definition) is 2. The lowest BCUT2D eigenvalue weighted by Crippen LogP contribution is -2.26. The van der Waals surface area contributed by atoms with E-state index in [1.54, 1.807) is 0 Å². The van der Waals surface area contributed by atoms with Gasteiger partial charge < -0.3 is 0 Å². The normalized spacial score (nSPS) is 30.2. The molecule has 3 nitrogen and oxygen atoms in total. The van der Waals surface area contributed by atoms with Crippen molar-refractivity contribution in [2.45, 2.75) is 72.8 Å². The highest BCUT2D eigenvalue weighted by Crippen LogP contribution is 2.60. The summed E-state index contributed by atoms with van der Waals surface area (Å²) in [6, 6.07) is 0. The van der Waals surface area contributed by atoms with Crippen molar-refractivity contribution in [3.63, 3.8) is 0 Å². The van der Waals surface area contributed by atoms with Gasteiger partial charge in [-0.3, -0.25) is 0 Å². The van der Waals surface area contributed by atoms with Crippen LogP contribution < -0.4 is 0 Å². The fourth-order valence-electron chi connectivity index (χ4n) is 4.44. The number of nitrogens with zero attached hydrogens (tertiary/aromatic N) is 3. The van der Waals surface area contributed by atoms with E-state index in [1.165, 1.54) is 24.2 Å². The maximum Gasteiger partial charge on any atom is 0.0859 e. The van der Waals surface area contributed by atoms with Gasteiger partial charge in [-0.2, -0.15) is 0 Å². The summed E-state index contributed by atoms with van der Waals surface area (Å²) < 4.78 is 2.16. The molecule has 0 spiro atoms. The molecule has 0 radical (unpaired) electrons. The summed E-state index contributed by atoms with van der Waals surface area (Å²) in [4.78, 5) is 0. The van der Waals surface area contributed by atoms with Crippen molar-refractivity contribution in [1.29, 1.82) is 0 Å². The molecule has 20 heavy (non-hydrogen) atoms. The van der Waals surface area contributed by atoms with E-state index in [1.807, 2.05) is 0 Å². The highest BCUT2D eigenvalue weighted by atomic mass is 15.5.